The van der Waals surface area contributed by atoms with Crippen LogP contribution in [0.4, 0.5) is 0 Å². The number of amides is 1. The lowest BCUT2D eigenvalue weighted by molar-refractivity contribution is -0.117. The molecule has 0 aromatic heterocycles. The van der Waals surface area contributed by atoms with Crippen molar-refractivity contribution in [2.24, 2.45) is 0 Å². The van der Waals surface area contributed by atoms with Gasteiger partial charge in [-0.2, -0.15) is 5.26 Å². The summed E-state index contributed by atoms with van der Waals surface area (Å²) in [6, 6.07) is 9.90. The Hall–Kier alpha value is -0.900. The molecule has 0 aliphatic carbocycles. The van der Waals surface area contributed by atoms with Crippen LogP contribution in [0.25, 0.3) is 0 Å². The average Bonchev–Trinajstić information content (AvgIpc) is 2.47. The lowest BCUT2D eigenvalue weighted by atomic mass is 10.2. The lowest BCUT2D eigenvalue weighted by Gasteiger charge is -2.25. The van der Waals surface area contributed by atoms with Crippen molar-refractivity contribution >= 4 is 45.4 Å². The summed E-state index contributed by atoms with van der Waals surface area (Å²) in [5.74, 6) is 0.655. The summed E-state index contributed by atoms with van der Waals surface area (Å²) in [4.78, 5) is 12.1. The van der Waals surface area contributed by atoms with Crippen molar-refractivity contribution in [3.63, 3.8) is 0 Å². The van der Waals surface area contributed by atoms with E-state index < -0.39 is 0 Å². The minimum absolute atomic E-state index is 0.142. The van der Waals surface area contributed by atoms with Gasteiger partial charge in [0.1, 0.15) is 17.0 Å². The van der Waals surface area contributed by atoms with E-state index in [1.807, 2.05) is 30.3 Å². The second-order valence-electron chi connectivity index (χ2n) is 4.50. The number of nitrogens with zero attached hydrogens (tertiary/aromatic N) is 1. The largest absolute Gasteiger partial charge is 0.335 e. The Morgan fingerprint density at radius 2 is 2.33 bits per heavy atom. The number of nitrogens with one attached hydrogen (secondary N) is 1. The number of unbranched alkanes of at least 4 members (excludes halogenated alkanes) is 1. The van der Waals surface area contributed by atoms with E-state index in [0.29, 0.717) is 0 Å². The van der Waals surface area contributed by atoms with Gasteiger partial charge in [-0.25, -0.2) is 0 Å². The van der Waals surface area contributed by atoms with Crippen LogP contribution in [0.1, 0.15) is 30.7 Å². The first kappa shape index (κ1) is 16.5. The smallest absolute Gasteiger partial charge is 0.264 e. The van der Waals surface area contributed by atoms with Gasteiger partial charge in [-0.1, -0.05) is 53.2 Å². The van der Waals surface area contributed by atoms with Crippen molar-refractivity contribution in [2.75, 3.05) is 5.75 Å². The zero-order valence-electron chi connectivity index (χ0n) is 11.6. The Bertz CT molecular complexity index is 610. The monoisotopic (exact) mass is 382 g/mol. The maximum absolute atomic E-state index is 12.1. The van der Waals surface area contributed by atoms with E-state index in [1.54, 1.807) is 23.5 Å². The summed E-state index contributed by atoms with van der Waals surface area (Å²) in [6.07, 6.45) is 2.19. The van der Waals surface area contributed by atoms with Gasteiger partial charge >= 0.3 is 0 Å². The summed E-state index contributed by atoms with van der Waals surface area (Å²) in [5, 5.41) is 11.9. The normalized spacial score (nSPS) is 18.3. The Balaban J connectivity index is 2.21. The average molecular weight is 383 g/mol. The van der Waals surface area contributed by atoms with Gasteiger partial charge < -0.3 is 5.32 Å². The van der Waals surface area contributed by atoms with E-state index in [4.69, 9.17) is 0 Å². The zero-order chi connectivity index (χ0) is 15.2. The maximum atomic E-state index is 12.1. The molecule has 0 saturated carbocycles. The first-order valence-corrected chi connectivity index (χ1v) is 9.31. The summed E-state index contributed by atoms with van der Waals surface area (Å²) in [7, 11) is 0. The third-order valence-electron chi connectivity index (χ3n) is 2.91. The minimum Gasteiger partial charge on any atom is -0.335 e. The first-order chi connectivity index (χ1) is 10.2. The number of carbonyl (C=O) groups is 1. The van der Waals surface area contributed by atoms with Gasteiger partial charge in [-0.05, 0) is 29.9 Å². The number of hydrogen-bond acceptors (Lipinski definition) is 4. The van der Waals surface area contributed by atoms with Crippen molar-refractivity contribution in [1.82, 2.24) is 5.32 Å². The topological polar surface area (TPSA) is 52.9 Å². The summed E-state index contributed by atoms with van der Waals surface area (Å²) >= 11 is 6.60. The van der Waals surface area contributed by atoms with Crippen LogP contribution in [0.5, 0.6) is 0 Å². The lowest BCUT2D eigenvalue weighted by Crippen LogP contribution is -2.31. The number of halogens is 1. The molecular formula is C15H15BrN2OS2. The van der Waals surface area contributed by atoms with Crippen LogP contribution in [0.15, 0.2) is 38.5 Å². The SMILES string of the molecule is CCCCSC1=C(C#N)C(=O)N[C@H](c2cccc(Br)c2)S1. The second-order valence-corrected chi connectivity index (χ2v) is 7.90. The molecular weight excluding hydrogens is 368 g/mol. The molecule has 0 unspecified atom stereocenters. The molecule has 0 fully saturated rings. The van der Waals surface area contributed by atoms with Crippen molar-refractivity contribution in [2.45, 2.75) is 25.1 Å². The van der Waals surface area contributed by atoms with Crippen LogP contribution in [0, 0.1) is 11.3 Å². The van der Waals surface area contributed by atoms with Gasteiger partial charge in [-0.3, -0.25) is 4.79 Å². The van der Waals surface area contributed by atoms with Gasteiger partial charge in [0.05, 0.1) is 4.24 Å². The van der Waals surface area contributed by atoms with Crippen LogP contribution < -0.4 is 5.32 Å². The van der Waals surface area contributed by atoms with Gasteiger partial charge in [0.25, 0.3) is 5.91 Å². The number of thioether (sulfide) groups is 2. The Morgan fingerprint density at radius 1 is 1.52 bits per heavy atom. The molecule has 1 aromatic rings. The Morgan fingerprint density at radius 3 is 3.00 bits per heavy atom. The van der Waals surface area contributed by atoms with Crippen LogP contribution >= 0.6 is 39.5 Å². The molecule has 0 radical (unpaired) electrons. The fourth-order valence-electron chi connectivity index (χ4n) is 1.81. The van der Waals surface area contributed by atoms with Crippen LogP contribution in [0.3, 0.4) is 0 Å². The third kappa shape index (κ3) is 4.29. The van der Waals surface area contributed by atoms with Gasteiger partial charge in [0, 0.05) is 4.47 Å². The molecule has 1 N–H and O–H groups in total. The Kier molecular flexibility index (Phi) is 6.22. The van der Waals surface area contributed by atoms with E-state index in [-0.39, 0.29) is 16.9 Å². The first-order valence-electron chi connectivity index (χ1n) is 6.66. The molecule has 2 rings (SSSR count). The highest BCUT2D eigenvalue weighted by molar-refractivity contribution is 9.10. The molecule has 21 heavy (non-hydrogen) atoms. The van der Waals surface area contributed by atoms with Crippen LogP contribution in [-0.2, 0) is 4.79 Å². The molecule has 1 aromatic carbocycles. The van der Waals surface area contributed by atoms with Crippen molar-refractivity contribution in [1.29, 1.82) is 5.26 Å². The van der Waals surface area contributed by atoms with Gasteiger partial charge in [-0.15, -0.1) is 11.8 Å². The molecule has 1 aliphatic rings. The van der Waals surface area contributed by atoms with Crippen LogP contribution in [-0.4, -0.2) is 11.7 Å². The number of hydrogen-bond donors (Lipinski definition) is 1. The fourth-order valence-corrected chi connectivity index (χ4v) is 4.86. The quantitative estimate of drug-likeness (QED) is 0.757. The summed E-state index contributed by atoms with van der Waals surface area (Å²) in [6.45, 7) is 2.13. The van der Waals surface area contributed by atoms with Gasteiger partial charge in [0.15, 0.2) is 0 Å². The van der Waals surface area contributed by atoms with Crippen molar-refractivity contribution < 1.29 is 4.79 Å². The number of benzene rings is 1. The fraction of sp³-hybridized carbons (Fsp3) is 0.333. The molecule has 6 heteroatoms. The number of carbonyl (C=O) groups excluding carboxylic acids is 1. The minimum atomic E-state index is -0.278. The highest BCUT2D eigenvalue weighted by atomic mass is 79.9. The Labute approximate surface area is 141 Å². The van der Waals surface area contributed by atoms with Crippen LogP contribution in [0.2, 0.25) is 0 Å². The maximum Gasteiger partial charge on any atom is 0.264 e. The molecule has 3 nitrogen and oxygen atoms in total. The highest BCUT2D eigenvalue weighted by Gasteiger charge is 2.28. The van der Waals surface area contributed by atoms with E-state index in [2.05, 4.69) is 28.2 Å². The van der Waals surface area contributed by atoms with E-state index >= 15 is 0 Å². The summed E-state index contributed by atoms with van der Waals surface area (Å²) in [5.41, 5.74) is 1.26. The predicted octanol–water partition coefficient (Wildman–Crippen LogP) is 4.58. The molecule has 1 atom stereocenters. The molecule has 1 heterocycles. The third-order valence-corrected chi connectivity index (χ3v) is 6.05. The standard InChI is InChI=1S/C15H15BrN2OS2/c1-2-3-7-20-15-12(9-17)13(19)18-14(21-15)10-5-4-6-11(16)8-10/h4-6,8,14H,2-3,7H2,1H3,(H,18,19)/t14-/m0/s1. The molecule has 1 aliphatic heterocycles. The molecule has 0 saturated heterocycles. The number of rotatable bonds is 5. The predicted molar refractivity (Wildman–Crippen MR) is 92.6 cm³/mol. The van der Waals surface area contributed by atoms with E-state index in [9.17, 15) is 10.1 Å². The van der Waals surface area contributed by atoms with Gasteiger partial charge in [0.2, 0.25) is 0 Å². The second kappa shape index (κ2) is 7.92. The number of nitriles is 1. The van der Waals surface area contributed by atoms with E-state index in [1.165, 1.54) is 0 Å². The highest BCUT2D eigenvalue weighted by Crippen LogP contribution is 2.44. The van der Waals surface area contributed by atoms with Crippen molar-refractivity contribution in [3.8, 4) is 6.07 Å². The molecule has 0 spiro atoms. The summed E-state index contributed by atoms with van der Waals surface area (Å²) < 4.78 is 1.81. The molecule has 110 valence electrons. The zero-order valence-corrected chi connectivity index (χ0v) is 14.8. The molecule has 0 bridgehead atoms. The van der Waals surface area contributed by atoms with Crippen molar-refractivity contribution in [3.05, 3.63) is 44.1 Å². The molecule has 1 amide bonds. The van der Waals surface area contributed by atoms with E-state index in [0.717, 1.165) is 32.9 Å².